The molecule has 0 aromatic carbocycles. The molecule has 7 heteroatoms. The van der Waals surface area contributed by atoms with Crippen LogP contribution >= 0.6 is 0 Å². The highest BCUT2D eigenvalue weighted by molar-refractivity contribution is 5.81. The fraction of sp³-hybridized carbons (Fsp3) is 0.273. The lowest BCUT2D eigenvalue weighted by Gasteiger charge is -2.13. The summed E-state index contributed by atoms with van der Waals surface area (Å²) >= 11 is 0. The molecular formula is C11H15N7. The van der Waals surface area contributed by atoms with Gasteiger partial charge in [-0.3, -0.25) is 4.90 Å². The zero-order valence-electron chi connectivity index (χ0n) is 10.2. The Bertz CT molecular complexity index is 581. The van der Waals surface area contributed by atoms with Crippen molar-refractivity contribution in [3.05, 3.63) is 24.5 Å². The largest absolute Gasteiger partial charge is 0.382 e. The Morgan fingerprint density at radius 3 is 2.83 bits per heavy atom. The third-order valence-electron chi connectivity index (χ3n) is 2.37. The Morgan fingerprint density at radius 2 is 2.11 bits per heavy atom. The number of fused-ring (bicyclic) bond motifs is 1. The van der Waals surface area contributed by atoms with Crippen LogP contribution in [0.1, 0.15) is 5.69 Å². The van der Waals surface area contributed by atoms with Gasteiger partial charge in [-0.1, -0.05) is 6.08 Å². The third kappa shape index (κ3) is 2.51. The molecule has 0 aliphatic carbocycles. The zero-order chi connectivity index (χ0) is 13.1. The van der Waals surface area contributed by atoms with Gasteiger partial charge in [-0.05, 0) is 7.05 Å². The lowest BCUT2D eigenvalue weighted by atomic mass is 10.4. The first-order valence-electron chi connectivity index (χ1n) is 5.44. The summed E-state index contributed by atoms with van der Waals surface area (Å²) in [5.74, 6) is 0.351. The summed E-state index contributed by atoms with van der Waals surface area (Å²) in [6, 6.07) is 0. The third-order valence-corrected chi connectivity index (χ3v) is 2.37. The number of likely N-dealkylation sites (N-methyl/N-ethyl adjacent to an activating group) is 1. The molecule has 18 heavy (non-hydrogen) atoms. The van der Waals surface area contributed by atoms with E-state index in [-0.39, 0.29) is 11.8 Å². The zero-order valence-corrected chi connectivity index (χ0v) is 10.2. The van der Waals surface area contributed by atoms with Crippen LogP contribution in [0.25, 0.3) is 11.2 Å². The molecule has 0 aliphatic rings. The van der Waals surface area contributed by atoms with Gasteiger partial charge in [0.15, 0.2) is 17.0 Å². The smallest absolute Gasteiger partial charge is 0.224 e. The maximum atomic E-state index is 5.75. The highest BCUT2D eigenvalue weighted by Crippen LogP contribution is 2.14. The summed E-state index contributed by atoms with van der Waals surface area (Å²) < 4.78 is 0. The maximum Gasteiger partial charge on any atom is 0.224 e. The summed E-state index contributed by atoms with van der Waals surface area (Å²) in [6.07, 6.45) is 3.49. The van der Waals surface area contributed by atoms with Crippen LogP contribution in [0.5, 0.6) is 0 Å². The quantitative estimate of drug-likeness (QED) is 0.588. The number of nitrogens with zero attached hydrogens (tertiary/aromatic N) is 5. The first-order chi connectivity index (χ1) is 8.60. The van der Waals surface area contributed by atoms with Crippen LogP contribution in [0.15, 0.2) is 18.9 Å². The highest BCUT2D eigenvalue weighted by Gasteiger charge is 2.08. The van der Waals surface area contributed by atoms with E-state index >= 15 is 0 Å². The minimum atomic E-state index is 0.103. The average molecular weight is 248 g/mol. The van der Waals surface area contributed by atoms with Crippen molar-refractivity contribution < 1.29 is 0 Å². The molecule has 0 aliphatic heterocycles. The van der Waals surface area contributed by atoms with Crippen molar-refractivity contribution in [3.63, 3.8) is 0 Å². The van der Waals surface area contributed by atoms with Gasteiger partial charge >= 0.3 is 0 Å². The Hall–Kier alpha value is -2.28. The summed E-state index contributed by atoms with van der Waals surface area (Å²) in [6.45, 7) is 5.11. The van der Waals surface area contributed by atoms with Gasteiger partial charge in [0.1, 0.15) is 0 Å². The molecule has 0 atom stereocenters. The molecule has 4 N–H and O–H groups in total. The first kappa shape index (κ1) is 12.2. The fourth-order valence-electron chi connectivity index (χ4n) is 1.62. The van der Waals surface area contributed by atoms with Gasteiger partial charge in [0.25, 0.3) is 0 Å². The van der Waals surface area contributed by atoms with E-state index < -0.39 is 0 Å². The van der Waals surface area contributed by atoms with Gasteiger partial charge in [-0.2, -0.15) is 9.97 Å². The van der Waals surface area contributed by atoms with Crippen LogP contribution < -0.4 is 11.5 Å². The molecular weight excluding hydrogens is 233 g/mol. The molecule has 0 saturated heterocycles. The molecule has 2 heterocycles. The van der Waals surface area contributed by atoms with Gasteiger partial charge in [-0.25, -0.2) is 9.97 Å². The summed E-state index contributed by atoms with van der Waals surface area (Å²) in [7, 11) is 1.97. The van der Waals surface area contributed by atoms with Crippen LogP contribution in [0.2, 0.25) is 0 Å². The van der Waals surface area contributed by atoms with Crippen molar-refractivity contribution in [1.82, 2.24) is 24.8 Å². The van der Waals surface area contributed by atoms with E-state index in [0.29, 0.717) is 17.7 Å². The molecule has 0 fully saturated rings. The monoisotopic (exact) mass is 248 g/mol. The molecule has 0 saturated carbocycles. The predicted octanol–water partition coefficient (Wildman–Crippen LogP) is 0.202. The van der Waals surface area contributed by atoms with Crippen LogP contribution in [0.4, 0.5) is 11.8 Å². The van der Waals surface area contributed by atoms with E-state index in [2.05, 4.69) is 31.4 Å². The van der Waals surface area contributed by atoms with Crippen molar-refractivity contribution in [2.24, 2.45) is 0 Å². The number of hydrogen-bond donors (Lipinski definition) is 2. The van der Waals surface area contributed by atoms with E-state index in [0.717, 1.165) is 12.2 Å². The second-order valence-electron chi connectivity index (χ2n) is 3.99. The van der Waals surface area contributed by atoms with Crippen LogP contribution in [-0.2, 0) is 6.54 Å². The SMILES string of the molecule is CN(Cc1cnc2nc(N)nc(N)c2n1)[13CH2][13CH]=[13CH2]. The molecule has 0 spiro atoms. The predicted molar refractivity (Wildman–Crippen MR) is 70.5 cm³/mol. The molecule has 0 amide bonds. The number of aromatic nitrogens is 4. The van der Waals surface area contributed by atoms with Crippen molar-refractivity contribution in [1.29, 1.82) is 0 Å². The van der Waals surface area contributed by atoms with E-state index in [9.17, 15) is 0 Å². The molecule has 2 aromatic rings. The molecule has 2 rings (SSSR count). The minimum absolute atomic E-state index is 0.103. The lowest BCUT2D eigenvalue weighted by Crippen LogP contribution is -2.18. The Kier molecular flexibility index (Phi) is 3.33. The molecule has 94 valence electrons. The molecule has 2 aromatic heterocycles. The van der Waals surface area contributed by atoms with Gasteiger partial charge < -0.3 is 11.5 Å². The van der Waals surface area contributed by atoms with Crippen molar-refractivity contribution in [3.8, 4) is 0 Å². The second kappa shape index (κ2) is 4.92. The first-order valence-corrected chi connectivity index (χ1v) is 5.44. The van der Waals surface area contributed by atoms with Crippen LogP contribution in [0.3, 0.4) is 0 Å². The number of rotatable bonds is 4. The maximum absolute atomic E-state index is 5.75. The van der Waals surface area contributed by atoms with Crippen LogP contribution in [-0.4, -0.2) is 38.4 Å². The summed E-state index contributed by atoms with van der Waals surface area (Å²) in [4.78, 5) is 18.5. The van der Waals surface area contributed by atoms with Gasteiger partial charge in [0.05, 0.1) is 11.9 Å². The summed E-state index contributed by atoms with van der Waals surface area (Å²) in [5, 5.41) is 0. The number of nitrogen functional groups attached to an aromatic ring is 2. The highest BCUT2D eigenvalue weighted by atomic mass is 15.3. The van der Waals surface area contributed by atoms with Gasteiger partial charge in [0.2, 0.25) is 5.95 Å². The molecule has 0 radical (unpaired) electrons. The van der Waals surface area contributed by atoms with E-state index in [1.54, 1.807) is 6.20 Å². The fourth-order valence-corrected chi connectivity index (χ4v) is 1.62. The van der Waals surface area contributed by atoms with Gasteiger partial charge in [0, 0.05) is 13.1 Å². The molecule has 0 bridgehead atoms. The normalized spacial score (nSPS) is 11.0. The number of nitrogens with two attached hydrogens (primary N) is 2. The minimum Gasteiger partial charge on any atom is -0.382 e. The van der Waals surface area contributed by atoms with Crippen molar-refractivity contribution >= 4 is 22.9 Å². The second-order valence-corrected chi connectivity index (χ2v) is 3.99. The van der Waals surface area contributed by atoms with Crippen molar-refractivity contribution in [2.75, 3.05) is 25.1 Å². The van der Waals surface area contributed by atoms with E-state index in [1.807, 2.05) is 13.1 Å². The Labute approximate surface area is 105 Å². The topological polar surface area (TPSA) is 107 Å². The number of anilines is 2. The van der Waals surface area contributed by atoms with E-state index in [4.69, 9.17) is 11.5 Å². The molecule has 7 nitrogen and oxygen atoms in total. The molecule has 0 unspecified atom stereocenters. The summed E-state index contributed by atoms with van der Waals surface area (Å²) in [5.41, 5.74) is 12.9. The van der Waals surface area contributed by atoms with Crippen molar-refractivity contribution in [2.45, 2.75) is 6.54 Å². The lowest BCUT2D eigenvalue weighted by molar-refractivity contribution is 0.359. The Morgan fingerprint density at radius 1 is 1.33 bits per heavy atom. The van der Waals surface area contributed by atoms with Gasteiger partial charge in [-0.15, -0.1) is 6.58 Å². The van der Waals surface area contributed by atoms with Crippen LogP contribution in [0, 0.1) is 0 Å². The Balaban J connectivity index is 2.35. The number of hydrogen-bond acceptors (Lipinski definition) is 7. The van der Waals surface area contributed by atoms with E-state index in [1.165, 1.54) is 0 Å². The average Bonchev–Trinajstić information content (AvgIpc) is 2.30. The standard InChI is InChI=1S/C11H15N7/c1-3-4-18(2)6-7-5-14-10-8(15-7)9(12)16-11(13)17-10/h3,5H,1,4,6H2,2H3,(H4,12,13,14,16,17)/i1+1,3+1,4+1.